The van der Waals surface area contributed by atoms with Gasteiger partial charge in [0, 0.05) is 22.3 Å². The number of carbonyl (C=O) groups excluding carboxylic acids is 2. The number of allylic oxidation sites excluding steroid dienone is 8. The molecule has 66 heavy (non-hydrogen) atoms. The van der Waals surface area contributed by atoms with Crippen LogP contribution < -0.4 is 0 Å². The molecule has 10 aromatic rings. The summed E-state index contributed by atoms with van der Waals surface area (Å²) in [5.41, 5.74) is 11.8. The van der Waals surface area contributed by atoms with Crippen molar-refractivity contribution in [1.82, 2.24) is 0 Å². The number of carbonyl (C=O) groups is 2. The summed E-state index contributed by atoms with van der Waals surface area (Å²) in [7, 11) is 0. The third-order valence-corrected chi connectivity index (χ3v) is 12.2. The minimum Gasteiger partial charge on any atom is -0.289 e. The van der Waals surface area contributed by atoms with Gasteiger partial charge in [0.05, 0.1) is 0 Å². The smallest absolute Gasteiger partial charge is 0.187 e. The molecule has 0 aromatic heterocycles. The van der Waals surface area contributed by atoms with E-state index in [-0.39, 0.29) is 11.6 Å². The molecule has 0 radical (unpaired) electrons. The molecule has 0 heterocycles. The highest BCUT2D eigenvalue weighted by Crippen LogP contribution is 2.44. The van der Waals surface area contributed by atoms with Gasteiger partial charge in [-0.05, 0) is 89.0 Å². The zero-order valence-electron chi connectivity index (χ0n) is 36.2. The average molecular weight is 845 g/mol. The average Bonchev–Trinajstić information content (AvgIpc) is 3.95. The maximum atomic E-state index is 12.8. The monoisotopic (exact) mass is 844 g/mol. The van der Waals surface area contributed by atoms with E-state index in [4.69, 9.17) is 0 Å². The number of hydrogen-bond donors (Lipinski definition) is 0. The first-order chi connectivity index (χ1) is 32.6. The van der Waals surface area contributed by atoms with Crippen molar-refractivity contribution in [2.24, 2.45) is 0 Å². The third kappa shape index (κ3) is 8.28. The summed E-state index contributed by atoms with van der Waals surface area (Å²) in [5, 5.41) is 8.04. The van der Waals surface area contributed by atoms with E-state index < -0.39 is 0 Å². The molecule has 2 nitrogen and oxygen atoms in total. The molecule has 0 N–H and O–H groups in total. The fourth-order valence-electron chi connectivity index (χ4n) is 9.21. The lowest BCUT2D eigenvalue weighted by Gasteiger charge is -2.12. The Labute approximate surface area is 385 Å². The van der Waals surface area contributed by atoms with Gasteiger partial charge < -0.3 is 0 Å². The summed E-state index contributed by atoms with van der Waals surface area (Å²) in [6.07, 6.45) is 3.53. The van der Waals surface area contributed by atoms with Crippen LogP contribution in [0.4, 0.5) is 0 Å². The van der Waals surface area contributed by atoms with E-state index in [0.717, 1.165) is 66.8 Å². The number of ketones is 2. The fourth-order valence-corrected chi connectivity index (χ4v) is 9.21. The molecule has 0 unspecified atom stereocenters. The number of hydrogen-bond acceptors (Lipinski definition) is 2. The maximum absolute atomic E-state index is 12.8. The molecule has 0 fully saturated rings. The van der Waals surface area contributed by atoms with Crippen molar-refractivity contribution >= 4 is 77.3 Å². The molecule has 2 heteroatoms. The molecule has 0 spiro atoms. The lowest BCUT2D eigenvalue weighted by molar-refractivity contribution is -0.110. The normalized spacial score (nSPS) is 13.3. The standard InChI is InChI=1S/2C23H16O.C18H12/c2*24-21-16-20(17-10-4-1-5-11-17)22(18-12-6-2-7-13-18)23(21)19-14-8-3-9-15-19;1-2-8-14-13(7-1)15-9-3-4-11-17(15)18-12-6-5-10-16(14)18/h2*1-16H;1-12H. The van der Waals surface area contributed by atoms with Gasteiger partial charge >= 0.3 is 0 Å². The van der Waals surface area contributed by atoms with Crippen molar-refractivity contribution < 1.29 is 9.59 Å². The van der Waals surface area contributed by atoms with Gasteiger partial charge in [0.1, 0.15) is 0 Å². The van der Waals surface area contributed by atoms with Gasteiger partial charge in [-0.2, -0.15) is 0 Å². The van der Waals surface area contributed by atoms with Crippen molar-refractivity contribution in [2.75, 3.05) is 0 Å². The molecule has 0 saturated heterocycles. The Bertz CT molecular complexity index is 3110. The lowest BCUT2D eigenvalue weighted by Crippen LogP contribution is -1.96. The van der Waals surface area contributed by atoms with Gasteiger partial charge in [-0.3, -0.25) is 9.59 Å². The minimum absolute atomic E-state index is 0.0684. The fraction of sp³-hybridized carbons (Fsp3) is 0. The summed E-state index contributed by atoms with van der Waals surface area (Å²) in [5.74, 6) is 0.137. The Hall–Kier alpha value is -8.72. The topological polar surface area (TPSA) is 34.1 Å². The Kier molecular flexibility index (Phi) is 11.9. The van der Waals surface area contributed by atoms with E-state index in [1.54, 1.807) is 12.2 Å². The van der Waals surface area contributed by atoms with Crippen LogP contribution in [0.25, 0.3) is 65.8 Å². The van der Waals surface area contributed by atoms with Gasteiger partial charge in [0.2, 0.25) is 0 Å². The van der Waals surface area contributed by atoms with Gasteiger partial charge in [-0.25, -0.2) is 0 Å². The van der Waals surface area contributed by atoms with Crippen LogP contribution in [0.2, 0.25) is 0 Å². The molecule has 0 amide bonds. The summed E-state index contributed by atoms with van der Waals surface area (Å²) in [4.78, 5) is 25.6. The molecule has 312 valence electrons. The quantitative estimate of drug-likeness (QED) is 0.156. The van der Waals surface area contributed by atoms with Crippen LogP contribution in [-0.4, -0.2) is 11.6 Å². The first-order valence-electron chi connectivity index (χ1n) is 22.3. The van der Waals surface area contributed by atoms with Gasteiger partial charge in [-0.15, -0.1) is 0 Å². The van der Waals surface area contributed by atoms with E-state index in [2.05, 4.69) is 121 Å². The van der Waals surface area contributed by atoms with E-state index in [1.165, 1.54) is 32.3 Å². The van der Waals surface area contributed by atoms with E-state index in [1.807, 2.05) is 133 Å². The number of benzene rings is 10. The lowest BCUT2D eigenvalue weighted by atomic mass is 9.90. The molecule has 10 aromatic carbocycles. The van der Waals surface area contributed by atoms with Crippen LogP contribution in [0.15, 0.2) is 267 Å². The van der Waals surface area contributed by atoms with Crippen LogP contribution in [0.1, 0.15) is 33.4 Å². The highest BCUT2D eigenvalue weighted by atomic mass is 16.1. The largest absolute Gasteiger partial charge is 0.289 e. The van der Waals surface area contributed by atoms with E-state index >= 15 is 0 Å². The second-order valence-electron chi connectivity index (χ2n) is 16.2. The summed E-state index contributed by atoms with van der Waals surface area (Å²) in [6, 6.07) is 86.3. The molecule has 0 bridgehead atoms. The molecule has 12 rings (SSSR count). The predicted octanol–water partition coefficient (Wildman–Crippen LogP) is 15.7. The molecule has 0 aliphatic heterocycles. The molecular weight excluding hydrogens is 801 g/mol. The van der Waals surface area contributed by atoms with E-state index in [0.29, 0.717) is 0 Å². The van der Waals surface area contributed by atoms with Crippen LogP contribution in [0.3, 0.4) is 0 Å². The molecule has 2 aliphatic carbocycles. The first-order valence-corrected chi connectivity index (χ1v) is 22.3. The van der Waals surface area contributed by atoms with Crippen LogP contribution in [0, 0.1) is 0 Å². The Morgan fingerprint density at radius 2 is 0.364 bits per heavy atom. The molecule has 0 saturated carbocycles. The first kappa shape index (κ1) is 41.3. The summed E-state index contributed by atoms with van der Waals surface area (Å²) >= 11 is 0. The SMILES string of the molecule is O=C1C=C(c2ccccc2)C(c2ccccc2)=C1c1ccccc1.O=C1C=C(c2ccccc2)C(c2ccccc2)=C1c1ccccc1.c1ccc2c(c1)c1ccccc1c1ccccc21. The number of rotatable bonds is 6. The second-order valence-corrected chi connectivity index (χ2v) is 16.2. The van der Waals surface area contributed by atoms with Crippen molar-refractivity contribution in [3.8, 4) is 0 Å². The van der Waals surface area contributed by atoms with Crippen LogP contribution in [0.5, 0.6) is 0 Å². The molecule has 0 atom stereocenters. The van der Waals surface area contributed by atoms with Crippen molar-refractivity contribution in [3.63, 3.8) is 0 Å². The van der Waals surface area contributed by atoms with Gasteiger partial charge in [0.15, 0.2) is 11.6 Å². The van der Waals surface area contributed by atoms with E-state index in [9.17, 15) is 9.59 Å². The minimum atomic E-state index is 0.0684. The maximum Gasteiger partial charge on any atom is 0.187 e. The van der Waals surface area contributed by atoms with Crippen molar-refractivity contribution in [1.29, 1.82) is 0 Å². The second kappa shape index (κ2) is 18.9. The Morgan fingerprint density at radius 1 is 0.182 bits per heavy atom. The molecule has 2 aliphatic rings. The zero-order chi connectivity index (χ0) is 44.7. The highest BCUT2D eigenvalue weighted by Gasteiger charge is 2.29. The molecular formula is C64H44O2. The van der Waals surface area contributed by atoms with Crippen LogP contribution in [-0.2, 0) is 9.59 Å². The predicted molar refractivity (Wildman–Crippen MR) is 277 cm³/mol. The highest BCUT2D eigenvalue weighted by molar-refractivity contribution is 6.46. The van der Waals surface area contributed by atoms with Gasteiger partial charge in [0.25, 0.3) is 0 Å². The summed E-state index contributed by atoms with van der Waals surface area (Å²) in [6.45, 7) is 0. The van der Waals surface area contributed by atoms with Crippen molar-refractivity contribution in [2.45, 2.75) is 0 Å². The van der Waals surface area contributed by atoms with Gasteiger partial charge in [-0.1, -0.05) is 255 Å². The number of fused-ring (bicyclic) bond motifs is 6. The van der Waals surface area contributed by atoms with Crippen LogP contribution >= 0.6 is 0 Å². The Morgan fingerprint density at radius 3 is 0.591 bits per heavy atom. The summed E-state index contributed by atoms with van der Waals surface area (Å²) < 4.78 is 0. The third-order valence-electron chi connectivity index (χ3n) is 12.2. The Balaban J connectivity index is 0.000000117. The zero-order valence-corrected chi connectivity index (χ0v) is 36.2. The van der Waals surface area contributed by atoms with Crippen molar-refractivity contribution in [3.05, 3.63) is 300 Å².